The number of rotatable bonds is 4. The molecular weight excluding hydrogens is 323 g/mol. The molecule has 0 aliphatic carbocycles. The van der Waals surface area contributed by atoms with Crippen molar-refractivity contribution in [2.24, 2.45) is 0 Å². The van der Waals surface area contributed by atoms with Crippen molar-refractivity contribution in [3.8, 4) is 0 Å². The van der Waals surface area contributed by atoms with Gasteiger partial charge in [0.1, 0.15) is 0 Å². The molecule has 1 heterocycles. The number of likely N-dealkylation sites (tertiary alicyclic amines) is 1. The van der Waals surface area contributed by atoms with Crippen LogP contribution in [0, 0.1) is 0 Å². The standard InChI is InChI=1S/C17H22F3NO3/c1-16(23,11-24-2)15(22)21-9-7-13(8-10-21)12-3-5-14(6-4-12)17(18,19)20/h3-6,13,23H,7-11H2,1-2H3/t16-/m1/s1. The molecule has 0 spiro atoms. The first-order chi connectivity index (χ1) is 11.1. The van der Waals surface area contributed by atoms with Crippen molar-refractivity contribution in [3.63, 3.8) is 0 Å². The minimum Gasteiger partial charge on any atom is -0.381 e. The number of ether oxygens (including phenoxy) is 1. The van der Waals surface area contributed by atoms with E-state index in [0.29, 0.717) is 25.9 Å². The Morgan fingerprint density at radius 2 is 1.79 bits per heavy atom. The Balaban J connectivity index is 1.96. The number of halogens is 3. The lowest BCUT2D eigenvalue weighted by atomic mass is 9.88. The lowest BCUT2D eigenvalue weighted by Gasteiger charge is -2.36. The predicted octanol–water partition coefficient (Wildman–Crippen LogP) is 2.81. The van der Waals surface area contributed by atoms with Crippen LogP contribution in [0.25, 0.3) is 0 Å². The maximum atomic E-state index is 12.6. The zero-order chi connectivity index (χ0) is 18.0. The number of methoxy groups -OCH3 is 1. The summed E-state index contributed by atoms with van der Waals surface area (Å²) in [4.78, 5) is 13.9. The highest BCUT2D eigenvalue weighted by Crippen LogP contribution is 2.33. The number of hydrogen-bond acceptors (Lipinski definition) is 3. The minimum absolute atomic E-state index is 0.0787. The van der Waals surface area contributed by atoms with Crippen LogP contribution in [-0.4, -0.2) is 48.3 Å². The van der Waals surface area contributed by atoms with Crippen molar-refractivity contribution < 1.29 is 27.8 Å². The summed E-state index contributed by atoms with van der Waals surface area (Å²) in [6.07, 6.45) is -3.03. The second-order valence-corrected chi connectivity index (χ2v) is 6.39. The highest BCUT2D eigenvalue weighted by molar-refractivity contribution is 5.84. The Kier molecular flexibility index (Phi) is 5.55. The van der Waals surface area contributed by atoms with Crippen molar-refractivity contribution in [1.29, 1.82) is 0 Å². The van der Waals surface area contributed by atoms with Gasteiger partial charge in [-0.15, -0.1) is 0 Å². The van der Waals surface area contributed by atoms with Crippen molar-refractivity contribution in [1.82, 2.24) is 4.90 Å². The van der Waals surface area contributed by atoms with Crippen LogP contribution < -0.4 is 0 Å². The summed E-state index contributed by atoms with van der Waals surface area (Å²) in [6, 6.07) is 5.20. The zero-order valence-corrected chi connectivity index (χ0v) is 13.8. The quantitative estimate of drug-likeness (QED) is 0.913. The molecule has 1 saturated heterocycles. The zero-order valence-electron chi connectivity index (χ0n) is 13.8. The molecule has 1 atom stereocenters. The molecule has 1 aromatic rings. The predicted molar refractivity (Wildman–Crippen MR) is 82.5 cm³/mol. The molecule has 0 aromatic heterocycles. The van der Waals surface area contributed by atoms with Crippen LogP contribution in [0.15, 0.2) is 24.3 Å². The molecular formula is C17H22F3NO3. The van der Waals surface area contributed by atoms with Gasteiger partial charge in [0.05, 0.1) is 12.2 Å². The van der Waals surface area contributed by atoms with E-state index in [1.165, 1.54) is 26.2 Å². The fourth-order valence-electron chi connectivity index (χ4n) is 3.04. The van der Waals surface area contributed by atoms with Crippen molar-refractivity contribution in [2.75, 3.05) is 26.8 Å². The van der Waals surface area contributed by atoms with Gasteiger partial charge in [0, 0.05) is 20.2 Å². The van der Waals surface area contributed by atoms with Crippen molar-refractivity contribution in [3.05, 3.63) is 35.4 Å². The molecule has 4 nitrogen and oxygen atoms in total. The van der Waals surface area contributed by atoms with Gasteiger partial charge in [-0.1, -0.05) is 12.1 Å². The van der Waals surface area contributed by atoms with Gasteiger partial charge in [0.25, 0.3) is 5.91 Å². The van der Waals surface area contributed by atoms with Gasteiger partial charge < -0.3 is 14.7 Å². The number of hydrogen-bond donors (Lipinski definition) is 1. The average molecular weight is 345 g/mol. The van der Waals surface area contributed by atoms with Gasteiger partial charge >= 0.3 is 6.18 Å². The Morgan fingerprint density at radius 1 is 1.25 bits per heavy atom. The molecule has 1 aliphatic heterocycles. The maximum absolute atomic E-state index is 12.6. The number of benzene rings is 1. The highest BCUT2D eigenvalue weighted by atomic mass is 19.4. The van der Waals surface area contributed by atoms with Gasteiger partial charge in [-0.25, -0.2) is 0 Å². The number of amides is 1. The van der Waals surface area contributed by atoms with Gasteiger partial charge in [0.2, 0.25) is 0 Å². The molecule has 0 bridgehead atoms. The molecule has 24 heavy (non-hydrogen) atoms. The van der Waals surface area contributed by atoms with E-state index in [-0.39, 0.29) is 18.4 Å². The van der Waals surface area contributed by atoms with Gasteiger partial charge in [-0.3, -0.25) is 4.79 Å². The molecule has 2 rings (SSSR count). The molecule has 7 heteroatoms. The summed E-state index contributed by atoms with van der Waals surface area (Å²) in [7, 11) is 1.42. The molecule has 0 radical (unpaired) electrons. The average Bonchev–Trinajstić information content (AvgIpc) is 2.53. The normalized spacial score (nSPS) is 19.2. The lowest BCUT2D eigenvalue weighted by Crippen LogP contribution is -2.51. The number of carbonyl (C=O) groups is 1. The van der Waals surface area contributed by atoms with Crippen LogP contribution in [0.2, 0.25) is 0 Å². The summed E-state index contributed by atoms with van der Waals surface area (Å²) < 4.78 is 42.7. The summed E-state index contributed by atoms with van der Waals surface area (Å²) in [6.45, 7) is 2.26. The van der Waals surface area contributed by atoms with Gasteiger partial charge in [-0.2, -0.15) is 13.2 Å². The summed E-state index contributed by atoms with van der Waals surface area (Å²) in [5.41, 5.74) is -1.37. The first kappa shape index (κ1) is 18.7. The Bertz CT molecular complexity index is 561. The summed E-state index contributed by atoms with van der Waals surface area (Å²) >= 11 is 0. The van der Waals surface area contributed by atoms with E-state index in [1.54, 1.807) is 4.90 Å². The second kappa shape index (κ2) is 7.11. The van der Waals surface area contributed by atoms with Crippen LogP contribution in [0.5, 0.6) is 0 Å². The van der Waals surface area contributed by atoms with Crippen molar-refractivity contribution >= 4 is 5.91 Å². The number of nitrogens with zero attached hydrogens (tertiary/aromatic N) is 1. The van der Waals surface area contributed by atoms with E-state index in [9.17, 15) is 23.1 Å². The number of carbonyl (C=O) groups excluding carboxylic acids is 1. The molecule has 0 unspecified atom stereocenters. The van der Waals surface area contributed by atoms with E-state index >= 15 is 0 Å². The number of piperidine rings is 1. The van der Waals surface area contributed by atoms with Crippen LogP contribution in [-0.2, 0) is 15.7 Å². The molecule has 1 amide bonds. The van der Waals surface area contributed by atoms with E-state index in [4.69, 9.17) is 4.74 Å². The van der Waals surface area contributed by atoms with Crippen LogP contribution >= 0.6 is 0 Å². The van der Waals surface area contributed by atoms with Crippen molar-refractivity contribution in [2.45, 2.75) is 37.5 Å². The molecule has 1 N–H and O–H groups in total. The molecule has 1 fully saturated rings. The third-order valence-electron chi connectivity index (χ3n) is 4.38. The third-order valence-corrected chi connectivity index (χ3v) is 4.38. The Hall–Kier alpha value is -1.60. The van der Waals surface area contributed by atoms with Gasteiger partial charge in [0.15, 0.2) is 5.60 Å². The molecule has 1 aromatic carbocycles. The number of alkyl halides is 3. The summed E-state index contributed by atoms with van der Waals surface area (Å²) in [5.74, 6) is -0.265. The topological polar surface area (TPSA) is 49.8 Å². The molecule has 134 valence electrons. The molecule has 0 saturated carbocycles. The minimum atomic E-state index is -4.33. The largest absolute Gasteiger partial charge is 0.416 e. The monoisotopic (exact) mass is 345 g/mol. The first-order valence-corrected chi connectivity index (χ1v) is 7.83. The fourth-order valence-corrected chi connectivity index (χ4v) is 3.04. The Morgan fingerprint density at radius 3 is 2.25 bits per heavy atom. The first-order valence-electron chi connectivity index (χ1n) is 7.83. The van der Waals surface area contributed by atoms with E-state index in [2.05, 4.69) is 0 Å². The van der Waals surface area contributed by atoms with Crippen LogP contribution in [0.3, 0.4) is 0 Å². The maximum Gasteiger partial charge on any atom is 0.416 e. The van der Waals surface area contributed by atoms with Gasteiger partial charge in [-0.05, 0) is 43.4 Å². The second-order valence-electron chi connectivity index (χ2n) is 6.39. The van der Waals surface area contributed by atoms with E-state index < -0.39 is 17.3 Å². The third kappa shape index (κ3) is 4.27. The summed E-state index contributed by atoms with van der Waals surface area (Å²) in [5, 5.41) is 10.1. The van der Waals surface area contributed by atoms with Crippen LogP contribution in [0.1, 0.15) is 36.8 Å². The fraction of sp³-hybridized carbons (Fsp3) is 0.588. The molecule has 1 aliphatic rings. The number of aliphatic hydroxyl groups is 1. The highest BCUT2D eigenvalue weighted by Gasteiger charge is 2.36. The van der Waals surface area contributed by atoms with E-state index in [1.807, 2.05) is 0 Å². The van der Waals surface area contributed by atoms with E-state index in [0.717, 1.165) is 17.7 Å². The SMILES string of the molecule is COC[C@@](C)(O)C(=O)N1CCC(c2ccc(C(F)(F)F)cc2)CC1. The smallest absolute Gasteiger partial charge is 0.381 e. The lowest BCUT2D eigenvalue weighted by molar-refractivity contribution is -0.155. The Labute approximate surface area is 139 Å². The van der Waals surface area contributed by atoms with Crippen LogP contribution in [0.4, 0.5) is 13.2 Å².